The lowest BCUT2D eigenvalue weighted by Gasteiger charge is -2.12. The van der Waals surface area contributed by atoms with E-state index in [-0.39, 0.29) is 6.61 Å². The van der Waals surface area contributed by atoms with Gasteiger partial charge in [-0.25, -0.2) is 0 Å². The molecule has 0 atom stereocenters. The topological polar surface area (TPSA) is 84.3 Å². The lowest BCUT2D eigenvalue weighted by molar-refractivity contribution is 0.311. The summed E-state index contributed by atoms with van der Waals surface area (Å²) in [5.74, 6) is 0. The quantitative estimate of drug-likeness (QED) is 0.496. The average Bonchev–Trinajstić information content (AvgIpc) is 2.45. The maximum Gasteiger partial charge on any atom is 0.0604 e. The normalized spacial score (nSPS) is 10.8. The van der Waals surface area contributed by atoms with Crippen LogP contribution in [0.1, 0.15) is 11.1 Å². The van der Waals surface area contributed by atoms with Crippen molar-refractivity contribution >= 4 is 29.2 Å². The molecule has 0 spiro atoms. The van der Waals surface area contributed by atoms with Crippen molar-refractivity contribution < 1.29 is 5.11 Å². The highest BCUT2D eigenvalue weighted by Crippen LogP contribution is 2.28. The summed E-state index contributed by atoms with van der Waals surface area (Å²) in [6, 6.07) is 13.5. The summed E-state index contributed by atoms with van der Waals surface area (Å²) in [6.07, 6.45) is 3.94. The van der Waals surface area contributed by atoms with E-state index < -0.39 is 0 Å². The number of anilines is 3. The third kappa shape index (κ3) is 3.52. The number of aliphatic hydroxyl groups is 1. The van der Waals surface area contributed by atoms with Gasteiger partial charge in [-0.2, -0.15) is 0 Å². The average molecular weight is 269 g/mol. The van der Waals surface area contributed by atoms with Crippen molar-refractivity contribution in [3.05, 3.63) is 53.6 Å². The Morgan fingerprint density at radius 2 is 1.80 bits per heavy atom. The van der Waals surface area contributed by atoms with Gasteiger partial charge in [-0.15, -0.1) is 0 Å². The van der Waals surface area contributed by atoms with Gasteiger partial charge < -0.3 is 21.9 Å². The van der Waals surface area contributed by atoms with E-state index in [9.17, 15) is 0 Å². The van der Waals surface area contributed by atoms with E-state index in [0.717, 1.165) is 16.8 Å². The molecule has 104 valence electrons. The first kappa shape index (κ1) is 14.0. The fourth-order valence-corrected chi connectivity index (χ4v) is 1.97. The molecule has 2 rings (SSSR count). The number of nitrogens with one attached hydrogen (secondary N) is 1. The number of nitrogens with two attached hydrogens (primary N) is 2. The summed E-state index contributed by atoms with van der Waals surface area (Å²) >= 11 is 0. The number of aliphatic hydroxyl groups excluding tert-OH is 1. The van der Waals surface area contributed by atoms with Crippen molar-refractivity contribution in [2.75, 3.05) is 29.9 Å². The highest BCUT2D eigenvalue weighted by molar-refractivity contribution is 5.85. The van der Waals surface area contributed by atoms with Crippen molar-refractivity contribution in [3.8, 4) is 0 Å². The molecule has 0 aliphatic rings. The Hall–Kier alpha value is -2.46. The van der Waals surface area contributed by atoms with E-state index in [1.807, 2.05) is 48.6 Å². The van der Waals surface area contributed by atoms with Gasteiger partial charge in [0.05, 0.1) is 6.61 Å². The fourth-order valence-electron chi connectivity index (χ4n) is 1.97. The highest BCUT2D eigenvalue weighted by Gasteiger charge is 2.05. The van der Waals surface area contributed by atoms with Gasteiger partial charge in [-0.05, 0) is 17.7 Å². The molecular formula is C16H19N3O. The van der Waals surface area contributed by atoms with Crippen LogP contribution in [0, 0.1) is 0 Å². The molecule has 0 aromatic heterocycles. The number of hydrogen-bond acceptors (Lipinski definition) is 4. The summed E-state index contributed by atoms with van der Waals surface area (Å²) in [5, 5.41) is 12.0. The Bertz CT molecular complexity index is 594. The maximum atomic E-state index is 8.92. The van der Waals surface area contributed by atoms with Gasteiger partial charge in [0.1, 0.15) is 0 Å². The molecule has 0 aliphatic carbocycles. The molecule has 0 saturated carbocycles. The molecule has 2 aromatic rings. The molecule has 0 saturated heterocycles. The summed E-state index contributed by atoms with van der Waals surface area (Å²) in [4.78, 5) is 0. The van der Waals surface area contributed by atoms with Gasteiger partial charge in [0, 0.05) is 29.2 Å². The summed E-state index contributed by atoms with van der Waals surface area (Å²) in [5.41, 5.74) is 15.8. The van der Waals surface area contributed by atoms with Gasteiger partial charge in [0.15, 0.2) is 0 Å². The van der Waals surface area contributed by atoms with Crippen LogP contribution in [-0.4, -0.2) is 18.3 Å². The molecule has 4 nitrogen and oxygen atoms in total. The van der Waals surface area contributed by atoms with Gasteiger partial charge >= 0.3 is 0 Å². The number of hydrogen-bond donors (Lipinski definition) is 4. The fraction of sp³-hybridized carbons (Fsp3) is 0.125. The van der Waals surface area contributed by atoms with Crippen LogP contribution in [0.4, 0.5) is 17.1 Å². The lowest BCUT2D eigenvalue weighted by atomic mass is 10.1. The van der Waals surface area contributed by atoms with Crippen LogP contribution < -0.4 is 16.8 Å². The summed E-state index contributed by atoms with van der Waals surface area (Å²) in [6.45, 7) is 0.506. The molecule has 0 fully saturated rings. The minimum Gasteiger partial charge on any atom is -0.399 e. The van der Waals surface area contributed by atoms with E-state index in [0.29, 0.717) is 17.9 Å². The van der Waals surface area contributed by atoms with Crippen molar-refractivity contribution in [3.63, 3.8) is 0 Å². The molecule has 0 bridgehead atoms. The first-order chi connectivity index (χ1) is 9.70. The maximum absolute atomic E-state index is 8.92. The lowest BCUT2D eigenvalue weighted by Crippen LogP contribution is -2.08. The largest absolute Gasteiger partial charge is 0.399 e. The van der Waals surface area contributed by atoms with Gasteiger partial charge in [0.2, 0.25) is 0 Å². The van der Waals surface area contributed by atoms with E-state index in [4.69, 9.17) is 16.6 Å². The Balaban J connectivity index is 2.32. The molecule has 4 heteroatoms. The first-order valence-corrected chi connectivity index (χ1v) is 6.47. The van der Waals surface area contributed by atoms with Gasteiger partial charge in [-0.3, -0.25) is 0 Å². The second kappa shape index (κ2) is 6.63. The van der Waals surface area contributed by atoms with Gasteiger partial charge in [0.25, 0.3) is 0 Å². The highest BCUT2D eigenvalue weighted by atomic mass is 16.3. The molecule has 6 N–H and O–H groups in total. The monoisotopic (exact) mass is 269 g/mol. The molecule has 2 aromatic carbocycles. The van der Waals surface area contributed by atoms with E-state index in [2.05, 4.69) is 5.32 Å². The second-order valence-corrected chi connectivity index (χ2v) is 4.47. The van der Waals surface area contributed by atoms with Crippen molar-refractivity contribution in [2.24, 2.45) is 0 Å². The minimum absolute atomic E-state index is 0.0521. The Labute approximate surface area is 118 Å². The molecule has 20 heavy (non-hydrogen) atoms. The van der Waals surface area contributed by atoms with Crippen molar-refractivity contribution in [1.82, 2.24) is 0 Å². The SMILES string of the molecule is Nc1cc(N)c(C=Cc2ccccc2)c(NCCO)c1. The van der Waals surface area contributed by atoms with E-state index >= 15 is 0 Å². The van der Waals surface area contributed by atoms with Crippen LogP contribution in [0.15, 0.2) is 42.5 Å². The predicted octanol–water partition coefficient (Wildman–Crippen LogP) is 2.43. The van der Waals surface area contributed by atoms with E-state index in [1.54, 1.807) is 6.07 Å². The number of nitrogen functional groups attached to an aromatic ring is 2. The first-order valence-electron chi connectivity index (χ1n) is 6.47. The standard InChI is InChI=1S/C16H19N3O/c17-13-10-15(18)14(16(11-13)19-8-9-20)7-6-12-4-2-1-3-5-12/h1-7,10-11,19-20H,8-9,17-18H2. The van der Waals surface area contributed by atoms with Crippen LogP contribution in [-0.2, 0) is 0 Å². The second-order valence-electron chi connectivity index (χ2n) is 4.47. The zero-order chi connectivity index (χ0) is 14.4. The van der Waals surface area contributed by atoms with Gasteiger partial charge in [-0.1, -0.05) is 42.5 Å². The smallest absolute Gasteiger partial charge is 0.0604 e. The van der Waals surface area contributed by atoms with Crippen LogP contribution in [0.2, 0.25) is 0 Å². The molecule has 0 heterocycles. The zero-order valence-corrected chi connectivity index (χ0v) is 11.2. The molecule has 0 aliphatic heterocycles. The summed E-state index contributed by atoms with van der Waals surface area (Å²) < 4.78 is 0. The van der Waals surface area contributed by atoms with Crippen LogP contribution in [0.3, 0.4) is 0 Å². The third-order valence-electron chi connectivity index (χ3n) is 2.90. The van der Waals surface area contributed by atoms with Crippen molar-refractivity contribution in [1.29, 1.82) is 0 Å². The third-order valence-corrected chi connectivity index (χ3v) is 2.90. The molecular weight excluding hydrogens is 250 g/mol. The molecule has 0 unspecified atom stereocenters. The van der Waals surface area contributed by atoms with Crippen LogP contribution >= 0.6 is 0 Å². The molecule has 0 amide bonds. The summed E-state index contributed by atoms with van der Waals surface area (Å²) in [7, 11) is 0. The van der Waals surface area contributed by atoms with E-state index in [1.165, 1.54) is 0 Å². The Morgan fingerprint density at radius 3 is 2.50 bits per heavy atom. The van der Waals surface area contributed by atoms with Crippen LogP contribution in [0.25, 0.3) is 12.2 Å². The Morgan fingerprint density at radius 1 is 1.05 bits per heavy atom. The van der Waals surface area contributed by atoms with Crippen molar-refractivity contribution in [2.45, 2.75) is 0 Å². The predicted molar refractivity (Wildman–Crippen MR) is 86.2 cm³/mol. The Kier molecular flexibility index (Phi) is 4.63. The zero-order valence-electron chi connectivity index (χ0n) is 11.2. The molecule has 0 radical (unpaired) electrons. The number of benzene rings is 2. The number of rotatable bonds is 5. The van der Waals surface area contributed by atoms with Crippen LogP contribution in [0.5, 0.6) is 0 Å². The minimum atomic E-state index is 0.0521.